The van der Waals surface area contributed by atoms with Crippen LogP contribution in [0.25, 0.3) is 10.6 Å². The lowest BCUT2D eigenvalue weighted by atomic mass is 10.1. The molecule has 164 valence electrons. The first kappa shape index (κ1) is 18.3. The van der Waals surface area contributed by atoms with Crippen LogP contribution in [0.5, 0.6) is 0 Å². The van der Waals surface area contributed by atoms with Crippen LogP contribution in [0.1, 0.15) is 21.5 Å². The first-order valence-corrected chi connectivity index (χ1v) is 11.6. The number of hydrogen-bond acceptors (Lipinski definition) is 5. The Labute approximate surface area is 192 Å². The van der Waals surface area contributed by atoms with Crippen molar-refractivity contribution in [3.63, 3.8) is 0 Å². The van der Waals surface area contributed by atoms with E-state index in [2.05, 4.69) is 15.0 Å². The van der Waals surface area contributed by atoms with Crippen molar-refractivity contribution in [3.05, 3.63) is 58.6 Å². The lowest BCUT2D eigenvalue weighted by Crippen LogP contribution is -2.55. The highest BCUT2D eigenvalue weighted by molar-refractivity contribution is 7.87. The summed E-state index contributed by atoms with van der Waals surface area (Å²) in [5.74, 6) is -1.58. The SMILES string of the molecule is [2H]C([2H])([2H])N1C(C(=O)Nc2ccc(F)c(Cl)c2)CC(c2ccc(-c3cn(C)cn3)s2)NS1(=O)=O. The van der Waals surface area contributed by atoms with Crippen molar-refractivity contribution < 1.29 is 21.7 Å². The number of hydrogen-bond donors (Lipinski definition) is 2. The lowest BCUT2D eigenvalue weighted by molar-refractivity contribution is -0.120. The number of carbonyl (C=O) groups excluding carboxylic acids is 1. The molecule has 1 saturated heterocycles. The van der Waals surface area contributed by atoms with Crippen molar-refractivity contribution in [3.8, 4) is 10.6 Å². The van der Waals surface area contributed by atoms with Gasteiger partial charge < -0.3 is 9.88 Å². The van der Waals surface area contributed by atoms with Crippen LogP contribution in [0.4, 0.5) is 10.1 Å². The number of aromatic nitrogens is 2. The van der Waals surface area contributed by atoms with E-state index in [4.69, 9.17) is 15.7 Å². The van der Waals surface area contributed by atoms with E-state index in [1.165, 1.54) is 17.4 Å². The standard InChI is InChI=1S/C19H19ClFN5O3S2/c1-25-9-15(22-10-25)18-6-5-17(30-18)14-8-16(26(2)31(28,29)24-14)19(27)23-11-3-4-13(21)12(20)7-11/h3-7,9-10,14,16,24H,8H2,1-2H3,(H,23,27)/i2D3. The number of nitrogens with one attached hydrogen (secondary N) is 2. The minimum Gasteiger partial charge on any atom is -0.340 e. The molecule has 12 heteroatoms. The summed E-state index contributed by atoms with van der Waals surface area (Å²) in [4.78, 5) is 18.7. The predicted octanol–water partition coefficient (Wildman–Crippen LogP) is 3.16. The quantitative estimate of drug-likeness (QED) is 0.592. The van der Waals surface area contributed by atoms with Gasteiger partial charge in [0.25, 0.3) is 10.2 Å². The second kappa shape index (κ2) is 8.32. The van der Waals surface area contributed by atoms with E-state index in [1.807, 2.05) is 7.05 Å². The molecule has 0 radical (unpaired) electrons. The molecule has 1 amide bonds. The fourth-order valence-electron chi connectivity index (χ4n) is 3.18. The molecule has 1 aromatic carbocycles. The molecule has 1 aliphatic heterocycles. The van der Waals surface area contributed by atoms with Gasteiger partial charge in [-0.25, -0.2) is 9.37 Å². The minimum absolute atomic E-state index is 0.0999. The van der Waals surface area contributed by atoms with Crippen molar-refractivity contribution in [2.75, 3.05) is 12.3 Å². The zero-order valence-corrected chi connectivity index (χ0v) is 18.4. The summed E-state index contributed by atoms with van der Waals surface area (Å²) < 4.78 is 66.8. The second-order valence-corrected chi connectivity index (χ2v) is 10.1. The van der Waals surface area contributed by atoms with E-state index in [9.17, 15) is 17.6 Å². The van der Waals surface area contributed by atoms with E-state index < -0.39 is 41.0 Å². The number of halogens is 2. The average Bonchev–Trinajstić information content (AvgIpc) is 3.37. The van der Waals surface area contributed by atoms with Gasteiger partial charge in [-0.15, -0.1) is 11.3 Å². The van der Waals surface area contributed by atoms with Crippen LogP contribution in [-0.4, -0.2) is 41.2 Å². The number of imidazole rings is 1. The molecule has 1 aliphatic rings. The molecular formula is C19H19ClFN5O3S2. The maximum absolute atomic E-state index is 13.5. The first-order chi connectivity index (χ1) is 15.8. The smallest absolute Gasteiger partial charge is 0.280 e. The van der Waals surface area contributed by atoms with Crippen molar-refractivity contribution in [2.24, 2.45) is 7.05 Å². The van der Waals surface area contributed by atoms with Crippen molar-refractivity contribution >= 4 is 44.7 Å². The summed E-state index contributed by atoms with van der Waals surface area (Å²) in [7, 11) is -2.75. The molecule has 2 atom stereocenters. The molecule has 2 aromatic heterocycles. The lowest BCUT2D eigenvalue weighted by Gasteiger charge is -2.35. The summed E-state index contributed by atoms with van der Waals surface area (Å²) in [6, 6.07) is 4.51. The van der Waals surface area contributed by atoms with E-state index in [-0.39, 0.29) is 21.4 Å². The number of nitrogens with zero attached hydrogens (tertiary/aromatic N) is 3. The molecule has 8 nitrogen and oxygen atoms in total. The van der Waals surface area contributed by atoms with Gasteiger partial charge in [0.15, 0.2) is 0 Å². The van der Waals surface area contributed by atoms with Crippen LogP contribution in [0.3, 0.4) is 0 Å². The maximum atomic E-state index is 13.5. The summed E-state index contributed by atoms with van der Waals surface area (Å²) >= 11 is 7.03. The topological polar surface area (TPSA) is 96.3 Å². The number of thiophene rings is 1. The summed E-state index contributed by atoms with van der Waals surface area (Å²) in [5, 5.41) is 2.19. The molecule has 1 fully saturated rings. The highest BCUT2D eigenvalue weighted by Crippen LogP contribution is 2.35. The predicted molar refractivity (Wildman–Crippen MR) is 118 cm³/mol. The zero-order chi connectivity index (χ0) is 24.8. The first-order valence-electron chi connectivity index (χ1n) is 10.5. The molecular weight excluding hydrogens is 465 g/mol. The van der Waals surface area contributed by atoms with Gasteiger partial charge in [0.05, 0.1) is 28.0 Å². The Bertz CT molecular complexity index is 1340. The molecule has 31 heavy (non-hydrogen) atoms. The monoisotopic (exact) mass is 486 g/mol. The van der Waals surface area contributed by atoms with Gasteiger partial charge in [-0.3, -0.25) is 4.79 Å². The minimum atomic E-state index is -4.57. The zero-order valence-electron chi connectivity index (χ0n) is 19.0. The number of carbonyl (C=O) groups is 1. The number of anilines is 1. The number of amides is 1. The Hall–Kier alpha value is -2.31. The third-order valence-electron chi connectivity index (χ3n) is 4.71. The largest absolute Gasteiger partial charge is 0.340 e. The second-order valence-electron chi connectivity index (χ2n) is 6.97. The summed E-state index contributed by atoms with van der Waals surface area (Å²) in [6.45, 7) is -3.12. The molecule has 0 bridgehead atoms. The number of rotatable bonds is 4. The Morgan fingerprint density at radius 1 is 1.42 bits per heavy atom. The van der Waals surface area contributed by atoms with Crippen molar-refractivity contribution in [1.82, 2.24) is 18.6 Å². The molecule has 3 heterocycles. The fraction of sp³-hybridized carbons (Fsp3) is 0.263. The van der Waals surface area contributed by atoms with Gasteiger partial charge in [-0.2, -0.15) is 17.4 Å². The summed E-state index contributed by atoms with van der Waals surface area (Å²) in [5.41, 5.74) is 0.798. The molecule has 0 saturated carbocycles. The van der Waals surface area contributed by atoms with Crippen LogP contribution < -0.4 is 10.0 Å². The van der Waals surface area contributed by atoms with E-state index in [1.54, 1.807) is 29.2 Å². The van der Waals surface area contributed by atoms with Gasteiger partial charge >= 0.3 is 0 Å². The number of likely N-dealkylation sites (N-methyl/N-ethyl adjacent to an activating group) is 1. The van der Waals surface area contributed by atoms with E-state index in [0.29, 0.717) is 10.6 Å². The Morgan fingerprint density at radius 3 is 2.90 bits per heavy atom. The number of aryl methyl sites for hydroxylation is 1. The molecule has 2 unspecified atom stereocenters. The Balaban J connectivity index is 1.65. The third kappa shape index (κ3) is 4.51. The van der Waals surface area contributed by atoms with Gasteiger partial charge in [0.1, 0.15) is 11.9 Å². The number of benzene rings is 1. The van der Waals surface area contributed by atoms with Crippen LogP contribution in [-0.2, 0) is 22.1 Å². The highest BCUT2D eigenvalue weighted by Gasteiger charge is 2.41. The van der Waals surface area contributed by atoms with Gasteiger partial charge in [0.2, 0.25) is 5.91 Å². The van der Waals surface area contributed by atoms with Gasteiger partial charge in [-0.05, 0) is 36.8 Å². The Kier molecular flexibility index (Phi) is 4.91. The van der Waals surface area contributed by atoms with Crippen molar-refractivity contribution in [1.29, 1.82) is 0 Å². The van der Waals surface area contributed by atoms with Crippen molar-refractivity contribution in [2.45, 2.75) is 18.5 Å². The van der Waals surface area contributed by atoms with Crippen LogP contribution in [0.15, 0.2) is 42.9 Å². The average molecular weight is 487 g/mol. The molecule has 4 rings (SSSR count). The molecule has 0 spiro atoms. The maximum Gasteiger partial charge on any atom is 0.280 e. The molecule has 3 aromatic rings. The highest BCUT2D eigenvalue weighted by atomic mass is 35.5. The normalized spacial score (nSPS) is 23.0. The summed E-state index contributed by atoms with van der Waals surface area (Å²) in [6.07, 6.45) is 3.29. The van der Waals surface area contributed by atoms with Gasteiger partial charge in [0, 0.05) is 34.9 Å². The van der Waals surface area contributed by atoms with Crippen LogP contribution >= 0.6 is 22.9 Å². The third-order valence-corrected chi connectivity index (χ3v) is 7.58. The van der Waals surface area contributed by atoms with Crippen LogP contribution in [0, 0.1) is 5.82 Å². The Morgan fingerprint density at radius 2 is 2.23 bits per heavy atom. The molecule has 2 N–H and O–H groups in total. The van der Waals surface area contributed by atoms with E-state index in [0.717, 1.165) is 17.0 Å². The molecule has 0 aliphatic carbocycles. The fourth-order valence-corrected chi connectivity index (χ4v) is 5.68. The van der Waals surface area contributed by atoms with Crippen LogP contribution in [0.2, 0.25) is 5.02 Å². The van der Waals surface area contributed by atoms with Gasteiger partial charge in [-0.1, -0.05) is 11.6 Å². The van der Waals surface area contributed by atoms with E-state index >= 15 is 0 Å².